The molecule has 0 aliphatic rings. The van der Waals surface area contributed by atoms with Crippen LogP contribution >= 0.6 is 0 Å². The van der Waals surface area contributed by atoms with Gasteiger partial charge in [-0.1, -0.05) is 13.8 Å². The molecule has 0 aromatic carbocycles. The van der Waals surface area contributed by atoms with Gasteiger partial charge in [0.1, 0.15) is 0 Å². The molecule has 0 spiro atoms. The van der Waals surface area contributed by atoms with E-state index in [1.165, 1.54) is 0 Å². The van der Waals surface area contributed by atoms with Crippen molar-refractivity contribution in [3.8, 4) is 0 Å². The minimum absolute atomic E-state index is 0.0184. The summed E-state index contributed by atoms with van der Waals surface area (Å²) in [6.45, 7) is 11.7. The normalized spacial score (nSPS) is 12.8. The molecule has 0 aliphatic heterocycles. The van der Waals surface area contributed by atoms with Crippen LogP contribution in [0.1, 0.15) is 37.7 Å². The first kappa shape index (κ1) is 16.7. The minimum Gasteiger partial charge on any atom is -0.383 e. The van der Waals surface area contributed by atoms with Gasteiger partial charge in [-0.25, -0.2) is 0 Å². The van der Waals surface area contributed by atoms with Crippen LogP contribution in [-0.2, 0) is 22.5 Å². The highest BCUT2D eigenvalue weighted by Gasteiger charge is 2.16. The van der Waals surface area contributed by atoms with Crippen LogP contribution in [0.15, 0.2) is 0 Å². The van der Waals surface area contributed by atoms with Crippen LogP contribution in [0, 0.1) is 19.8 Å². The van der Waals surface area contributed by atoms with Crippen LogP contribution in [0.3, 0.4) is 0 Å². The van der Waals surface area contributed by atoms with Crippen molar-refractivity contribution in [3.63, 3.8) is 0 Å². The maximum atomic E-state index is 12.0. The summed E-state index contributed by atoms with van der Waals surface area (Å²) in [5.74, 6) is 0.557. The summed E-state index contributed by atoms with van der Waals surface area (Å²) in [5, 5.41) is 7.46. The molecule has 0 radical (unpaired) electrons. The molecule has 0 saturated heterocycles. The zero-order chi connectivity index (χ0) is 15.3. The second-order valence-corrected chi connectivity index (χ2v) is 5.83. The van der Waals surface area contributed by atoms with Crippen molar-refractivity contribution >= 4 is 5.91 Å². The predicted molar refractivity (Wildman–Crippen MR) is 79.7 cm³/mol. The first-order chi connectivity index (χ1) is 9.35. The lowest BCUT2D eigenvalue weighted by Gasteiger charge is -2.13. The largest absolute Gasteiger partial charge is 0.383 e. The first-order valence-corrected chi connectivity index (χ1v) is 7.16. The van der Waals surface area contributed by atoms with Crippen molar-refractivity contribution in [1.82, 2.24) is 15.1 Å². The molecule has 114 valence electrons. The number of rotatable bonds is 7. The Morgan fingerprint density at radius 2 is 2.00 bits per heavy atom. The maximum Gasteiger partial charge on any atom is 0.224 e. The average molecular weight is 281 g/mol. The number of ether oxygens (including phenoxy) is 1. The van der Waals surface area contributed by atoms with Crippen molar-refractivity contribution in [2.24, 2.45) is 5.92 Å². The standard InChI is InChI=1S/C15H27N3O2/c1-10(2)8-18-13(5)14(12(4)17-18)7-15(19)16-11(3)9-20-6/h10-11H,7-9H2,1-6H3,(H,16,19)/t11-/m1/s1. The van der Waals surface area contributed by atoms with Crippen molar-refractivity contribution in [2.45, 2.75) is 53.6 Å². The fourth-order valence-electron chi connectivity index (χ4n) is 2.29. The topological polar surface area (TPSA) is 56.1 Å². The van der Waals surface area contributed by atoms with E-state index in [4.69, 9.17) is 4.74 Å². The quantitative estimate of drug-likeness (QED) is 0.830. The number of hydrogen-bond acceptors (Lipinski definition) is 3. The zero-order valence-corrected chi connectivity index (χ0v) is 13.5. The van der Waals surface area contributed by atoms with Gasteiger partial charge in [0, 0.05) is 31.0 Å². The van der Waals surface area contributed by atoms with Crippen molar-refractivity contribution in [3.05, 3.63) is 17.0 Å². The fraction of sp³-hybridized carbons (Fsp3) is 0.733. The summed E-state index contributed by atoms with van der Waals surface area (Å²) in [6, 6.07) is 0.0267. The van der Waals surface area contributed by atoms with Crippen LogP contribution in [0.4, 0.5) is 0 Å². The molecule has 1 N–H and O–H groups in total. The molecule has 20 heavy (non-hydrogen) atoms. The third kappa shape index (κ3) is 4.63. The molecular weight excluding hydrogens is 254 g/mol. The van der Waals surface area contributed by atoms with Crippen LogP contribution in [-0.4, -0.2) is 35.4 Å². The average Bonchev–Trinajstić information content (AvgIpc) is 2.56. The Morgan fingerprint density at radius 1 is 1.35 bits per heavy atom. The predicted octanol–water partition coefficient (Wildman–Crippen LogP) is 1.85. The number of hydrogen-bond donors (Lipinski definition) is 1. The third-order valence-electron chi connectivity index (χ3n) is 3.23. The van der Waals surface area contributed by atoms with E-state index >= 15 is 0 Å². The first-order valence-electron chi connectivity index (χ1n) is 7.16. The number of aromatic nitrogens is 2. The van der Waals surface area contributed by atoms with Gasteiger partial charge in [-0.15, -0.1) is 0 Å². The van der Waals surface area contributed by atoms with Gasteiger partial charge in [0.05, 0.1) is 18.7 Å². The Labute approximate surface area is 121 Å². The molecule has 0 saturated carbocycles. The van der Waals surface area contributed by atoms with E-state index in [0.29, 0.717) is 18.9 Å². The SMILES string of the molecule is COC[C@@H](C)NC(=O)Cc1c(C)nn(CC(C)C)c1C. The molecule has 5 heteroatoms. The van der Waals surface area contributed by atoms with Crippen molar-refractivity contribution < 1.29 is 9.53 Å². The van der Waals surface area contributed by atoms with Gasteiger partial charge >= 0.3 is 0 Å². The van der Waals surface area contributed by atoms with Gasteiger partial charge in [0.15, 0.2) is 0 Å². The molecule has 1 rings (SSSR count). The highest BCUT2D eigenvalue weighted by atomic mass is 16.5. The van der Waals surface area contributed by atoms with E-state index in [9.17, 15) is 4.79 Å². The maximum absolute atomic E-state index is 12.0. The molecule has 1 aromatic rings. The summed E-state index contributed by atoms with van der Waals surface area (Å²) >= 11 is 0. The van der Waals surface area contributed by atoms with E-state index in [-0.39, 0.29) is 11.9 Å². The lowest BCUT2D eigenvalue weighted by atomic mass is 10.1. The Hall–Kier alpha value is -1.36. The van der Waals surface area contributed by atoms with Gasteiger partial charge in [-0.2, -0.15) is 5.10 Å². The molecule has 1 atom stereocenters. The minimum atomic E-state index is 0.0184. The summed E-state index contributed by atoms with van der Waals surface area (Å²) in [7, 11) is 1.63. The zero-order valence-electron chi connectivity index (χ0n) is 13.5. The Kier molecular flexibility index (Phi) is 6.20. The van der Waals surface area contributed by atoms with Crippen LogP contribution < -0.4 is 5.32 Å². The van der Waals surface area contributed by atoms with Gasteiger partial charge in [-0.05, 0) is 26.7 Å². The lowest BCUT2D eigenvalue weighted by Crippen LogP contribution is -2.36. The van der Waals surface area contributed by atoms with E-state index in [1.807, 2.05) is 25.5 Å². The highest BCUT2D eigenvalue weighted by molar-refractivity contribution is 5.79. The number of aryl methyl sites for hydroxylation is 1. The summed E-state index contributed by atoms with van der Waals surface area (Å²) in [4.78, 5) is 12.0. The van der Waals surface area contributed by atoms with E-state index in [0.717, 1.165) is 23.5 Å². The number of carbonyl (C=O) groups is 1. The Balaban J connectivity index is 2.72. The van der Waals surface area contributed by atoms with Gasteiger partial charge in [0.25, 0.3) is 0 Å². The van der Waals surface area contributed by atoms with Gasteiger partial charge < -0.3 is 10.1 Å². The summed E-state index contributed by atoms with van der Waals surface area (Å²) < 4.78 is 7.02. The second kappa shape index (κ2) is 7.43. The molecule has 1 aromatic heterocycles. The number of amides is 1. The molecule has 0 unspecified atom stereocenters. The second-order valence-electron chi connectivity index (χ2n) is 5.83. The smallest absolute Gasteiger partial charge is 0.224 e. The Bertz CT molecular complexity index is 452. The monoisotopic (exact) mass is 281 g/mol. The summed E-state index contributed by atoms with van der Waals surface area (Å²) in [5.41, 5.74) is 3.07. The van der Waals surface area contributed by atoms with Crippen LogP contribution in [0.25, 0.3) is 0 Å². The number of nitrogens with one attached hydrogen (secondary N) is 1. The number of methoxy groups -OCH3 is 1. The van der Waals surface area contributed by atoms with Crippen molar-refractivity contribution in [2.75, 3.05) is 13.7 Å². The van der Waals surface area contributed by atoms with Crippen LogP contribution in [0.5, 0.6) is 0 Å². The summed E-state index contributed by atoms with van der Waals surface area (Å²) in [6.07, 6.45) is 0.379. The van der Waals surface area contributed by atoms with Crippen LogP contribution in [0.2, 0.25) is 0 Å². The molecule has 1 heterocycles. The fourth-order valence-corrected chi connectivity index (χ4v) is 2.29. The third-order valence-corrected chi connectivity index (χ3v) is 3.23. The van der Waals surface area contributed by atoms with E-state index in [2.05, 4.69) is 24.3 Å². The Morgan fingerprint density at radius 3 is 2.55 bits per heavy atom. The van der Waals surface area contributed by atoms with E-state index in [1.54, 1.807) is 7.11 Å². The highest BCUT2D eigenvalue weighted by Crippen LogP contribution is 2.15. The molecule has 0 bridgehead atoms. The van der Waals surface area contributed by atoms with Gasteiger partial charge in [-0.3, -0.25) is 9.48 Å². The molecular formula is C15H27N3O2. The molecule has 5 nitrogen and oxygen atoms in total. The molecule has 0 fully saturated rings. The molecule has 1 amide bonds. The number of nitrogens with zero attached hydrogens (tertiary/aromatic N) is 2. The van der Waals surface area contributed by atoms with Gasteiger partial charge in [0.2, 0.25) is 5.91 Å². The molecule has 0 aliphatic carbocycles. The van der Waals surface area contributed by atoms with Crippen molar-refractivity contribution in [1.29, 1.82) is 0 Å². The lowest BCUT2D eigenvalue weighted by molar-refractivity contribution is -0.121. The van der Waals surface area contributed by atoms with E-state index < -0.39 is 0 Å². The number of carbonyl (C=O) groups excluding carboxylic acids is 1.